The number of benzene rings is 1. The summed E-state index contributed by atoms with van der Waals surface area (Å²) in [4.78, 5) is 19.1. The summed E-state index contributed by atoms with van der Waals surface area (Å²) in [6.45, 7) is 6.21. The number of ether oxygens (including phenoxy) is 1. The molecule has 3 rings (SSSR count). The molecule has 1 aromatic carbocycles. The van der Waals surface area contributed by atoms with Gasteiger partial charge in [-0.3, -0.25) is 4.79 Å². The number of piperidine rings is 1. The molecule has 1 saturated heterocycles. The van der Waals surface area contributed by atoms with E-state index in [0.717, 1.165) is 25.7 Å². The van der Waals surface area contributed by atoms with Crippen molar-refractivity contribution < 1.29 is 18.4 Å². The van der Waals surface area contributed by atoms with Crippen molar-refractivity contribution >= 4 is 5.91 Å². The molecule has 0 bridgehead atoms. The number of carbonyl (C=O) groups excluding carboxylic acids is 1. The van der Waals surface area contributed by atoms with Gasteiger partial charge in [-0.2, -0.15) is 4.98 Å². The van der Waals surface area contributed by atoms with E-state index < -0.39 is 0 Å². The molecule has 0 N–H and O–H groups in total. The molecule has 0 aliphatic carbocycles. The maximum Gasteiger partial charge on any atom is 0.257 e. The maximum atomic E-state index is 13.2. The van der Waals surface area contributed by atoms with Gasteiger partial charge in [0.05, 0.1) is 0 Å². The van der Waals surface area contributed by atoms with E-state index in [-0.39, 0.29) is 17.1 Å². The Morgan fingerprint density at radius 3 is 2.59 bits per heavy atom. The van der Waals surface area contributed by atoms with E-state index in [1.54, 1.807) is 19.2 Å². The number of hydrogen-bond acceptors (Lipinski definition) is 5. The van der Waals surface area contributed by atoms with Gasteiger partial charge in [0.25, 0.3) is 5.89 Å². The molecular weight excluding hydrogens is 373 g/mol. The lowest BCUT2D eigenvalue weighted by molar-refractivity contribution is -0.133. The van der Waals surface area contributed by atoms with Crippen LogP contribution in [0.5, 0.6) is 0 Å². The van der Waals surface area contributed by atoms with Crippen molar-refractivity contribution in [1.29, 1.82) is 0 Å². The molecule has 0 unspecified atom stereocenters. The first-order valence-electron chi connectivity index (χ1n) is 10.3. The van der Waals surface area contributed by atoms with Gasteiger partial charge in [0, 0.05) is 44.2 Å². The number of rotatable bonds is 8. The average Bonchev–Trinajstić information content (AvgIpc) is 3.22. The summed E-state index contributed by atoms with van der Waals surface area (Å²) in [6.07, 6.45) is 3.81. The van der Waals surface area contributed by atoms with Gasteiger partial charge in [-0.05, 0) is 55.9 Å². The van der Waals surface area contributed by atoms with Crippen LogP contribution in [0.2, 0.25) is 0 Å². The van der Waals surface area contributed by atoms with E-state index in [4.69, 9.17) is 9.26 Å². The summed E-state index contributed by atoms with van der Waals surface area (Å²) in [5, 5.41) is 4.25. The van der Waals surface area contributed by atoms with Crippen LogP contribution in [0.3, 0.4) is 0 Å². The highest BCUT2D eigenvalue weighted by molar-refractivity contribution is 5.76. The van der Waals surface area contributed by atoms with Crippen molar-refractivity contribution in [3.63, 3.8) is 0 Å². The third-order valence-corrected chi connectivity index (χ3v) is 5.79. The van der Waals surface area contributed by atoms with Crippen LogP contribution in [0.15, 0.2) is 28.8 Å². The van der Waals surface area contributed by atoms with Gasteiger partial charge < -0.3 is 14.2 Å². The summed E-state index contributed by atoms with van der Waals surface area (Å²) < 4.78 is 24.0. The van der Waals surface area contributed by atoms with Crippen LogP contribution in [-0.2, 0) is 14.9 Å². The fraction of sp³-hybridized carbons (Fsp3) is 0.591. The number of aromatic nitrogens is 2. The summed E-state index contributed by atoms with van der Waals surface area (Å²) in [5.41, 5.74) is 0.403. The van der Waals surface area contributed by atoms with Gasteiger partial charge in [-0.15, -0.1) is 0 Å². The van der Waals surface area contributed by atoms with Gasteiger partial charge >= 0.3 is 0 Å². The minimum atomic E-state index is -0.306. The lowest BCUT2D eigenvalue weighted by Gasteiger charge is -2.40. The van der Waals surface area contributed by atoms with Gasteiger partial charge in [-0.1, -0.05) is 19.0 Å². The van der Waals surface area contributed by atoms with Crippen LogP contribution in [-0.4, -0.2) is 47.8 Å². The fourth-order valence-electron chi connectivity index (χ4n) is 3.79. The van der Waals surface area contributed by atoms with E-state index in [0.29, 0.717) is 49.3 Å². The highest BCUT2D eigenvalue weighted by Gasteiger charge is 2.41. The zero-order valence-corrected chi connectivity index (χ0v) is 17.5. The zero-order chi connectivity index (χ0) is 20.9. The first-order chi connectivity index (χ1) is 13.9. The second kappa shape index (κ2) is 9.48. The standard InChI is InChI=1S/C22H30FN3O3/c1-16(2)4-9-19(27)26-13-10-22(11-14-26,12-15-28-3)21-24-20(29-25-21)17-5-7-18(23)8-6-17/h5-8,16H,4,9-15H2,1-3H3. The largest absolute Gasteiger partial charge is 0.385 e. The van der Waals surface area contributed by atoms with E-state index >= 15 is 0 Å². The molecule has 1 aliphatic rings. The van der Waals surface area contributed by atoms with E-state index in [9.17, 15) is 9.18 Å². The monoisotopic (exact) mass is 403 g/mol. The second-order valence-corrected chi connectivity index (χ2v) is 8.27. The number of halogens is 1. The number of nitrogens with zero attached hydrogens (tertiary/aromatic N) is 3. The van der Waals surface area contributed by atoms with Crippen molar-refractivity contribution in [2.24, 2.45) is 5.92 Å². The van der Waals surface area contributed by atoms with Crippen LogP contribution in [0.25, 0.3) is 11.5 Å². The lowest BCUT2D eigenvalue weighted by atomic mass is 9.75. The van der Waals surface area contributed by atoms with Gasteiger partial charge in [-0.25, -0.2) is 4.39 Å². The van der Waals surface area contributed by atoms with Crippen molar-refractivity contribution in [3.8, 4) is 11.5 Å². The number of likely N-dealkylation sites (tertiary alicyclic amines) is 1. The Labute approximate surface area is 171 Å². The molecule has 0 atom stereocenters. The Kier molecular flexibility index (Phi) is 7.00. The summed E-state index contributed by atoms with van der Waals surface area (Å²) in [6, 6.07) is 6.01. The van der Waals surface area contributed by atoms with E-state index in [1.165, 1.54) is 12.1 Å². The number of hydrogen-bond donors (Lipinski definition) is 0. The highest BCUT2D eigenvalue weighted by atomic mass is 19.1. The van der Waals surface area contributed by atoms with Gasteiger partial charge in [0.2, 0.25) is 5.91 Å². The lowest BCUT2D eigenvalue weighted by Crippen LogP contribution is -2.46. The average molecular weight is 403 g/mol. The Bertz CT molecular complexity index is 796. The van der Waals surface area contributed by atoms with E-state index in [2.05, 4.69) is 24.0 Å². The minimum absolute atomic E-state index is 0.221. The fourth-order valence-corrected chi connectivity index (χ4v) is 3.79. The highest BCUT2D eigenvalue weighted by Crippen LogP contribution is 2.38. The SMILES string of the molecule is COCCC1(c2noc(-c3ccc(F)cc3)n2)CCN(C(=O)CCC(C)C)CC1. The molecule has 158 valence electrons. The first kappa shape index (κ1) is 21.4. The first-order valence-corrected chi connectivity index (χ1v) is 10.3. The quantitative estimate of drug-likeness (QED) is 0.660. The second-order valence-electron chi connectivity index (χ2n) is 8.27. The van der Waals surface area contributed by atoms with Crippen LogP contribution in [0, 0.1) is 11.7 Å². The van der Waals surface area contributed by atoms with Crippen LogP contribution in [0.1, 0.15) is 51.8 Å². The third-order valence-electron chi connectivity index (χ3n) is 5.79. The van der Waals surface area contributed by atoms with Gasteiger partial charge in [0.1, 0.15) is 5.82 Å². The molecule has 1 fully saturated rings. The van der Waals surface area contributed by atoms with Crippen molar-refractivity contribution in [2.75, 3.05) is 26.8 Å². The van der Waals surface area contributed by atoms with E-state index in [1.807, 2.05) is 4.90 Å². The maximum absolute atomic E-state index is 13.2. The molecule has 0 saturated carbocycles. The predicted molar refractivity (Wildman–Crippen MR) is 108 cm³/mol. The summed E-state index contributed by atoms with van der Waals surface area (Å²) in [5.74, 6) is 1.46. The number of amides is 1. The van der Waals surface area contributed by atoms with Crippen LogP contribution >= 0.6 is 0 Å². The molecule has 1 amide bonds. The Morgan fingerprint density at radius 2 is 1.97 bits per heavy atom. The topological polar surface area (TPSA) is 68.5 Å². The predicted octanol–water partition coefficient (Wildman–Crippen LogP) is 4.21. The molecular formula is C22H30FN3O3. The molecule has 0 radical (unpaired) electrons. The molecule has 2 aromatic rings. The molecule has 29 heavy (non-hydrogen) atoms. The molecule has 1 aliphatic heterocycles. The minimum Gasteiger partial charge on any atom is -0.385 e. The Hall–Kier alpha value is -2.28. The Balaban J connectivity index is 1.73. The molecule has 6 nitrogen and oxygen atoms in total. The normalized spacial score (nSPS) is 16.4. The molecule has 1 aromatic heterocycles. The zero-order valence-electron chi connectivity index (χ0n) is 17.5. The molecule has 0 spiro atoms. The number of carbonyl (C=O) groups is 1. The van der Waals surface area contributed by atoms with Crippen molar-refractivity contribution in [2.45, 2.75) is 51.4 Å². The summed E-state index contributed by atoms with van der Waals surface area (Å²) >= 11 is 0. The Morgan fingerprint density at radius 1 is 1.28 bits per heavy atom. The summed E-state index contributed by atoms with van der Waals surface area (Å²) in [7, 11) is 1.68. The van der Waals surface area contributed by atoms with Gasteiger partial charge in [0.15, 0.2) is 5.82 Å². The van der Waals surface area contributed by atoms with Crippen molar-refractivity contribution in [1.82, 2.24) is 15.0 Å². The third kappa shape index (κ3) is 5.21. The molecule has 7 heteroatoms. The van der Waals surface area contributed by atoms with Crippen LogP contribution < -0.4 is 0 Å². The van der Waals surface area contributed by atoms with Crippen LogP contribution in [0.4, 0.5) is 4.39 Å². The smallest absolute Gasteiger partial charge is 0.257 e. The van der Waals surface area contributed by atoms with Crippen molar-refractivity contribution in [3.05, 3.63) is 35.9 Å². The number of methoxy groups -OCH3 is 1. The molecule has 2 heterocycles.